The molecule has 0 saturated carbocycles. The molecule has 94 valence electrons. The Kier molecular flexibility index (Phi) is 3.85. The first-order valence-electron chi connectivity index (χ1n) is 5.21. The SMILES string of the molecule is N#Cc1ccc(C(=O)NNC(=O)c2cccnc2)s1. The van der Waals surface area contributed by atoms with E-state index in [1.807, 2.05) is 6.07 Å². The van der Waals surface area contributed by atoms with Crippen molar-refractivity contribution in [1.82, 2.24) is 15.8 Å². The Bertz CT molecular complexity index is 645. The molecule has 0 unspecified atom stereocenters. The van der Waals surface area contributed by atoms with Gasteiger partial charge in [0.2, 0.25) is 0 Å². The van der Waals surface area contributed by atoms with Gasteiger partial charge in [0.25, 0.3) is 11.8 Å². The van der Waals surface area contributed by atoms with Gasteiger partial charge in [-0.25, -0.2) is 0 Å². The standard InChI is InChI=1S/C12H8N4O2S/c13-6-9-3-4-10(19-9)12(18)16-15-11(17)8-2-1-5-14-7-8/h1-5,7H,(H,15,17)(H,16,18). The molecule has 2 N–H and O–H groups in total. The molecule has 2 heterocycles. The fourth-order valence-electron chi connectivity index (χ4n) is 1.26. The maximum atomic E-state index is 11.7. The molecule has 7 heteroatoms. The highest BCUT2D eigenvalue weighted by Gasteiger charge is 2.11. The molecule has 19 heavy (non-hydrogen) atoms. The largest absolute Gasteiger partial charge is 0.279 e. The van der Waals surface area contributed by atoms with Gasteiger partial charge >= 0.3 is 0 Å². The molecule has 2 rings (SSSR count). The third-order valence-corrected chi connectivity index (χ3v) is 3.14. The maximum absolute atomic E-state index is 11.7. The van der Waals surface area contributed by atoms with E-state index in [0.717, 1.165) is 11.3 Å². The van der Waals surface area contributed by atoms with Crippen molar-refractivity contribution in [3.8, 4) is 6.07 Å². The van der Waals surface area contributed by atoms with E-state index in [1.54, 1.807) is 24.4 Å². The predicted molar refractivity (Wildman–Crippen MR) is 68.2 cm³/mol. The number of nitrogens with zero attached hydrogens (tertiary/aromatic N) is 2. The normalized spacial score (nSPS) is 9.42. The number of nitriles is 1. The van der Waals surface area contributed by atoms with Crippen molar-refractivity contribution in [3.05, 3.63) is 52.0 Å². The fraction of sp³-hybridized carbons (Fsp3) is 0. The lowest BCUT2D eigenvalue weighted by atomic mass is 10.3. The second kappa shape index (κ2) is 5.75. The van der Waals surface area contributed by atoms with E-state index >= 15 is 0 Å². The highest BCUT2D eigenvalue weighted by atomic mass is 32.1. The molecule has 0 aliphatic heterocycles. The molecule has 6 nitrogen and oxygen atoms in total. The Morgan fingerprint density at radius 3 is 2.63 bits per heavy atom. The summed E-state index contributed by atoms with van der Waals surface area (Å²) in [6, 6.07) is 8.20. The van der Waals surface area contributed by atoms with E-state index in [-0.39, 0.29) is 0 Å². The number of amides is 2. The summed E-state index contributed by atoms with van der Waals surface area (Å²) in [6.07, 6.45) is 2.94. The number of carbonyl (C=O) groups excluding carboxylic acids is 2. The minimum atomic E-state index is -0.469. The van der Waals surface area contributed by atoms with Gasteiger partial charge in [-0.15, -0.1) is 11.3 Å². The summed E-state index contributed by atoms with van der Waals surface area (Å²) < 4.78 is 0. The van der Waals surface area contributed by atoms with Crippen molar-refractivity contribution in [2.75, 3.05) is 0 Å². The van der Waals surface area contributed by atoms with Crippen molar-refractivity contribution in [3.63, 3.8) is 0 Å². The van der Waals surface area contributed by atoms with Crippen LogP contribution in [0.4, 0.5) is 0 Å². The highest BCUT2D eigenvalue weighted by Crippen LogP contribution is 2.14. The Hall–Kier alpha value is -2.72. The van der Waals surface area contributed by atoms with Crippen LogP contribution in [-0.2, 0) is 0 Å². The second-order valence-electron chi connectivity index (χ2n) is 3.43. The average molecular weight is 272 g/mol. The number of nitrogens with one attached hydrogen (secondary N) is 2. The van der Waals surface area contributed by atoms with E-state index < -0.39 is 11.8 Å². The number of hydrogen-bond acceptors (Lipinski definition) is 5. The van der Waals surface area contributed by atoms with Gasteiger partial charge in [-0.2, -0.15) is 5.26 Å². The van der Waals surface area contributed by atoms with Gasteiger partial charge < -0.3 is 0 Å². The summed E-state index contributed by atoms with van der Waals surface area (Å²) in [5.41, 5.74) is 4.88. The van der Waals surface area contributed by atoms with Crippen molar-refractivity contribution >= 4 is 23.2 Å². The van der Waals surface area contributed by atoms with E-state index in [9.17, 15) is 9.59 Å². The monoisotopic (exact) mass is 272 g/mol. The van der Waals surface area contributed by atoms with Crippen LogP contribution in [0.25, 0.3) is 0 Å². The summed E-state index contributed by atoms with van der Waals surface area (Å²) in [6.45, 7) is 0. The lowest BCUT2D eigenvalue weighted by Crippen LogP contribution is -2.41. The molecule has 0 aliphatic rings. The fourth-order valence-corrected chi connectivity index (χ4v) is 1.96. The van der Waals surface area contributed by atoms with Crippen LogP contribution in [-0.4, -0.2) is 16.8 Å². The summed E-state index contributed by atoms with van der Waals surface area (Å²) >= 11 is 1.05. The maximum Gasteiger partial charge on any atom is 0.279 e. The zero-order valence-corrected chi connectivity index (χ0v) is 10.4. The number of hydrazine groups is 1. The molecule has 2 amide bonds. The number of rotatable bonds is 2. The van der Waals surface area contributed by atoms with Crippen LogP contribution < -0.4 is 10.9 Å². The third kappa shape index (κ3) is 3.14. The summed E-state index contributed by atoms with van der Waals surface area (Å²) in [7, 11) is 0. The van der Waals surface area contributed by atoms with Crippen LogP contribution in [0.2, 0.25) is 0 Å². The van der Waals surface area contributed by atoms with Gasteiger partial charge in [0.15, 0.2) is 0 Å². The van der Waals surface area contributed by atoms with Gasteiger partial charge in [0, 0.05) is 12.4 Å². The molecule has 2 aromatic heterocycles. The molecular formula is C12H8N4O2S. The molecule has 0 spiro atoms. The van der Waals surface area contributed by atoms with E-state index in [1.165, 1.54) is 12.3 Å². The Morgan fingerprint density at radius 1 is 1.21 bits per heavy atom. The van der Waals surface area contributed by atoms with Crippen molar-refractivity contribution in [2.45, 2.75) is 0 Å². The van der Waals surface area contributed by atoms with Gasteiger partial charge in [-0.05, 0) is 24.3 Å². The van der Waals surface area contributed by atoms with Crippen LogP contribution in [0.5, 0.6) is 0 Å². The molecule has 0 aliphatic carbocycles. The number of pyridine rings is 1. The first kappa shape index (κ1) is 12.7. The van der Waals surface area contributed by atoms with Crippen LogP contribution in [0.1, 0.15) is 24.9 Å². The van der Waals surface area contributed by atoms with E-state index in [2.05, 4.69) is 15.8 Å². The summed E-state index contributed by atoms with van der Waals surface area (Å²) in [5, 5.41) is 8.65. The molecular weight excluding hydrogens is 264 g/mol. The molecule has 0 aromatic carbocycles. The van der Waals surface area contributed by atoms with Gasteiger partial charge in [-0.1, -0.05) is 0 Å². The van der Waals surface area contributed by atoms with Gasteiger partial charge in [0.1, 0.15) is 10.9 Å². The number of thiophene rings is 1. The molecule has 0 saturated heterocycles. The van der Waals surface area contributed by atoms with Crippen LogP contribution in [0, 0.1) is 11.3 Å². The smallest absolute Gasteiger partial charge is 0.267 e. The van der Waals surface area contributed by atoms with Crippen LogP contribution in [0.3, 0.4) is 0 Å². The average Bonchev–Trinajstić information content (AvgIpc) is 2.94. The minimum absolute atomic E-state index is 0.340. The Labute approximate surface area is 112 Å². The number of hydrogen-bond donors (Lipinski definition) is 2. The topological polar surface area (TPSA) is 94.9 Å². The Balaban J connectivity index is 1.94. The first-order chi connectivity index (χ1) is 9.20. The lowest BCUT2D eigenvalue weighted by Gasteiger charge is -2.05. The third-order valence-electron chi connectivity index (χ3n) is 2.15. The van der Waals surface area contributed by atoms with Crippen molar-refractivity contribution in [1.29, 1.82) is 5.26 Å². The minimum Gasteiger partial charge on any atom is -0.267 e. The molecule has 0 bridgehead atoms. The van der Waals surface area contributed by atoms with Gasteiger partial charge in [-0.3, -0.25) is 25.4 Å². The molecule has 0 atom stereocenters. The van der Waals surface area contributed by atoms with E-state index in [4.69, 9.17) is 5.26 Å². The van der Waals surface area contributed by atoms with E-state index in [0.29, 0.717) is 15.3 Å². The number of carbonyl (C=O) groups is 2. The van der Waals surface area contributed by atoms with Gasteiger partial charge in [0.05, 0.1) is 10.4 Å². The molecule has 0 fully saturated rings. The quantitative estimate of drug-likeness (QED) is 0.800. The predicted octanol–water partition coefficient (Wildman–Crippen LogP) is 1.09. The molecule has 0 radical (unpaired) electrons. The highest BCUT2D eigenvalue weighted by molar-refractivity contribution is 7.14. The van der Waals surface area contributed by atoms with Crippen molar-refractivity contribution < 1.29 is 9.59 Å². The first-order valence-corrected chi connectivity index (χ1v) is 6.03. The summed E-state index contributed by atoms with van der Waals surface area (Å²) in [5.74, 6) is -0.928. The summed E-state index contributed by atoms with van der Waals surface area (Å²) in [4.78, 5) is 27.9. The molecule has 2 aromatic rings. The second-order valence-corrected chi connectivity index (χ2v) is 4.51. The Morgan fingerprint density at radius 2 is 2.00 bits per heavy atom. The lowest BCUT2D eigenvalue weighted by molar-refractivity contribution is 0.0848. The number of aromatic nitrogens is 1. The zero-order chi connectivity index (χ0) is 13.7. The van der Waals surface area contributed by atoms with Crippen LogP contribution >= 0.6 is 11.3 Å². The van der Waals surface area contributed by atoms with Crippen LogP contribution in [0.15, 0.2) is 36.7 Å². The zero-order valence-electron chi connectivity index (χ0n) is 9.58. The van der Waals surface area contributed by atoms with Crippen molar-refractivity contribution in [2.24, 2.45) is 0 Å².